The Morgan fingerprint density at radius 1 is 1.25 bits per heavy atom. The number of aromatic nitrogens is 1. The predicted molar refractivity (Wildman–Crippen MR) is 96.9 cm³/mol. The first kappa shape index (κ1) is 16.7. The van der Waals surface area contributed by atoms with Gasteiger partial charge in [-0.25, -0.2) is 4.98 Å². The number of nitrogens with one attached hydrogen (secondary N) is 1. The highest BCUT2D eigenvalue weighted by molar-refractivity contribution is 7.13. The maximum absolute atomic E-state index is 11.1. The van der Waals surface area contributed by atoms with Crippen LogP contribution in [0.4, 0.5) is 10.8 Å². The molecule has 1 N–H and O–H groups in total. The van der Waals surface area contributed by atoms with Crippen molar-refractivity contribution in [3.05, 3.63) is 35.3 Å². The predicted octanol–water partition coefficient (Wildman–Crippen LogP) is 2.43. The second-order valence-electron chi connectivity index (χ2n) is 5.79. The number of nitrogens with zero attached hydrogens (tertiary/aromatic N) is 3. The monoisotopic (exact) mass is 346 g/mol. The number of methoxy groups -OCH3 is 1. The molecule has 1 aromatic carbocycles. The zero-order chi connectivity index (χ0) is 16.9. The van der Waals surface area contributed by atoms with Crippen LogP contribution < -0.4 is 15.0 Å². The molecule has 128 valence electrons. The van der Waals surface area contributed by atoms with E-state index in [-0.39, 0.29) is 5.91 Å². The zero-order valence-electron chi connectivity index (χ0n) is 14.0. The Bertz CT molecular complexity index is 678. The molecule has 1 aliphatic heterocycles. The van der Waals surface area contributed by atoms with Crippen molar-refractivity contribution >= 4 is 28.1 Å². The number of rotatable bonds is 5. The summed E-state index contributed by atoms with van der Waals surface area (Å²) in [7, 11) is 1.68. The third kappa shape index (κ3) is 4.24. The molecule has 2 aromatic rings. The van der Waals surface area contributed by atoms with Crippen molar-refractivity contribution in [3.8, 4) is 5.75 Å². The Hall–Kier alpha value is -2.12. The van der Waals surface area contributed by atoms with Crippen LogP contribution in [0.2, 0.25) is 0 Å². The molecular weight excluding hydrogens is 324 g/mol. The van der Waals surface area contributed by atoms with Crippen molar-refractivity contribution < 1.29 is 9.53 Å². The van der Waals surface area contributed by atoms with Crippen LogP contribution in [0.15, 0.2) is 29.6 Å². The first-order valence-electron chi connectivity index (χ1n) is 7.97. The van der Waals surface area contributed by atoms with E-state index in [9.17, 15) is 4.79 Å². The number of ether oxygens (including phenoxy) is 1. The number of hydrogen-bond donors (Lipinski definition) is 1. The van der Waals surface area contributed by atoms with Gasteiger partial charge in [-0.3, -0.25) is 9.69 Å². The zero-order valence-corrected chi connectivity index (χ0v) is 14.8. The molecule has 2 heterocycles. The van der Waals surface area contributed by atoms with Crippen LogP contribution >= 0.6 is 11.3 Å². The average Bonchev–Trinajstić information content (AvgIpc) is 3.02. The number of anilines is 2. The van der Waals surface area contributed by atoms with E-state index in [2.05, 4.69) is 32.2 Å². The maximum Gasteiger partial charge on any atom is 0.223 e. The molecule has 1 aromatic heterocycles. The van der Waals surface area contributed by atoms with Crippen LogP contribution in [0.1, 0.15) is 12.6 Å². The van der Waals surface area contributed by atoms with E-state index < -0.39 is 0 Å². The quantitative estimate of drug-likeness (QED) is 0.901. The summed E-state index contributed by atoms with van der Waals surface area (Å²) in [6.45, 7) is 6.31. The third-order valence-corrected chi connectivity index (χ3v) is 4.84. The van der Waals surface area contributed by atoms with Gasteiger partial charge >= 0.3 is 0 Å². The molecule has 6 nitrogen and oxygen atoms in total. The SMILES string of the molecule is COc1ccc(N2CCN(Cc3csc(NC(C)=O)n3)CC2)cc1. The minimum atomic E-state index is -0.0796. The van der Waals surface area contributed by atoms with Crippen molar-refractivity contribution in [1.82, 2.24) is 9.88 Å². The highest BCUT2D eigenvalue weighted by Crippen LogP contribution is 2.22. The van der Waals surface area contributed by atoms with Gasteiger partial charge in [0.1, 0.15) is 5.75 Å². The van der Waals surface area contributed by atoms with Gasteiger partial charge < -0.3 is 15.0 Å². The lowest BCUT2D eigenvalue weighted by atomic mass is 10.2. The number of carbonyl (C=O) groups is 1. The molecule has 1 saturated heterocycles. The van der Waals surface area contributed by atoms with E-state index in [4.69, 9.17) is 4.74 Å². The van der Waals surface area contributed by atoms with E-state index in [0.29, 0.717) is 5.13 Å². The molecular formula is C17H22N4O2S. The van der Waals surface area contributed by atoms with Gasteiger partial charge in [-0.05, 0) is 24.3 Å². The molecule has 24 heavy (non-hydrogen) atoms. The highest BCUT2D eigenvalue weighted by Gasteiger charge is 2.18. The normalized spacial score (nSPS) is 15.3. The lowest BCUT2D eigenvalue weighted by Crippen LogP contribution is -2.46. The minimum Gasteiger partial charge on any atom is -0.497 e. The fourth-order valence-corrected chi connectivity index (χ4v) is 3.52. The summed E-state index contributed by atoms with van der Waals surface area (Å²) >= 11 is 1.48. The molecule has 0 atom stereocenters. The molecule has 0 aliphatic carbocycles. The van der Waals surface area contributed by atoms with Gasteiger partial charge in [-0.1, -0.05) is 0 Å². The Labute approximate surface area is 146 Å². The van der Waals surface area contributed by atoms with E-state index >= 15 is 0 Å². The Morgan fingerprint density at radius 2 is 1.96 bits per heavy atom. The molecule has 0 spiro atoms. The fourth-order valence-electron chi connectivity index (χ4n) is 2.77. The van der Waals surface area contributed by atoms with E-state index in [0.717, 1.165) is 44.2 Å². The summed E-state index contributed by atoms with van der Waals surface area (Å²) < 4.78 is 5.21. The van der Waals surface area contributed by atoms with Gasteiger partial charge in [0.05, 0.1) is 12.8 Å². The van der Waals surface area contributed by atoms with Gasteiger partial charge in [0.25, 0.3) is 0 Å². The van der Waals surface area contributed by atoms with Gasteiger partial charge in [-0.2, -0.15) is 0 Å². The summed E-state index contributed by atoms with van der Waals surface area (Å²) in [6.07, 6.45) is 0. The standard InChI is InChI=1S/C17H22N4O2S/c1-13(22)18-17-19-14(12-24-17)11-20-7-9-21(10-8-20)15-3-5-16(23-2)6-4-15/h3-6,12H,7-11H2,1-2H3,(H,18,19,22). The van der Waals surface area contributed by atoms with Crippen molar-refractivity contribution in [3.63, 3.8) is 0 Å². The van der Waals surface area contributed by atoms with Crippen LogP contribution in [-0.4, -0.2) is 49.1 Å². The second kappa shape index (κ2) is 7.63. The van der Waals surface area contributed by atoms with Crippen molar-refractivity contribution in [2.24, 2.45) is 0 Å². The topological polar surface area (TPSA) is 57.7 Å². The summed E-state index contributed by atoms with van der Waals surface area (Å²) in [6, 6.07) is 8.21. The lowest BCUT2D eigenvalue weighted by Gasteiger charge is -2.35. The van der Waals surface area contributed by atoms with Crippen LogP contribution in [0, 0.1) is 0 Å². The van der Waals surface area contributed by atoms with Gasteiger partial charge in [0.2, 0.25) is 5.91 Å². The van der Waals surface area contributed by atoms with Crippen LogP contribution in [0.3, 0.4) is 0 Å². The molecule has 0 radical (unpaired) electrons. The molecule has 1 amide bonds. The van der Waals surface area contributed by atoms with Crippen LogP contribution in [0.5, 0.6) is 5.75 Å². The molecule has 3 rings (SSSR count). The minimum absolute atomic E-state index is 0.0796. The molecule has 1 fully saturated rings. The smallest absolute Gasteiger partial charge is 0.223 e. The van der Waals surface area contributed by atoms with Gasteiger partial charge in [0.15, 0.2) is 5.13 Å². The van der Waals surface area contributed by atoms with E-state index in [1.165, 1.54) is 23.9 Å². The summed E-state index contributed by atoms with van der Waals surface area (Å²) in [5.74, 6) is 0.805. The fraction of sp³-hybridized carbons (Fsp3) is 0.412. The Kier molecular flexibility index (Phi) is 5.32. The lowest BCUT2D eigenvalue weighted by molar-refractivity contribution is -0.114. The summed E-state index contributed by atoms with van der Waals surface area (Å²) in [5.41, 5.74) is 2.25. The summed E-state index contributed by atoms with van der Waals surface area (Å²) in [5, 5.41) is 5.42. The highest BCUT2D eigenvalue weighted by atomic mass is 32.1. The number of piperazine rings is 1. The second-order valence-corrected chi connectivity index (χ2v) is 6.64. The largest absolute Gasteiger partial charge is 0.497 e. The average molecular weight is 346 g/mol. The van der Waals surface area contributed by atoms with E-state index in [1.807, 2.05) is 17.5 Å². The molecule has 1 aliphatic rings. The first-order chi connectivity index (χ1) is 11.6. The van der Waals surface area contributed by atoms with Crippen LogP contribution in [-0.2, 0) is 11.3 Å². The number of hydrogen-bond acceptors (Lipinski definition) is 6. The van der Waals surface area contributed by atoms with Crippen molar-refractivity contribution in [2.45, 2.75) is 13.5 Å². The van der Waals surface area contributed by atoms with Gasteiger partial charge in [0, 0.05) is 50.7 Å². The molecule has 0 bridgehead atoms. The number of thiazole rings is 1. The van der Waals surface area contributed by atoms with Crippen molar-refractivity contribution in [1.29, 1.82) is 0 Å². The number of amides is 1. The first-order valence-corrected chi connectivity index (χ1v) is 8.85. The molecule has 0 unspecified atom stereocenters. The Morgan fingerprint density at radius 3 is 2.58 bits per heavy atom. The summed E-state index contributed by atoms with van der Waals surface area (Å²) in [4.78, 5) is 20.3. The third-order valence-electron chi connectivity index (χ3n) is 4.03. The number of benzene rings is 1. The number of carbonyl (C=O) groups excluding carboxylic acids is 1. The van der Waals surface area contributed by atoms with Crippen LogP contribution in [0.25, 0.3) is 0 Å². The molecule has 0 saturated carbocycles. The van der Waals surface area contributed by atoms with Crippen molar-refractivity contribution in [2.75, 3.05) is 43.5 Å². The molecule has 7 heteroatoms. The van der Waals surface area contributed by atoms with Gasteiger partial charge in [-0.15, -0.1) is 11.3 Å². The maximum atomic E-state index is 11.1. The van der Waals surface area contributed by atoms with E-state index in [1.54, 1.807) is 7.11 Å². The Balaban J connectivity index is 1.51.